The number of nitrogens with zero attached hydrogens (tertiary/aromatic N) is 3. The quantitative estimate of drug-likeness (QED) is 0.552. The predicted molar refractivity (Wildman–Crippen MR) is 115 cm³/mol. The molecule has 1 saturated heterocycles. The Morgan fingerprint density at radius 1 is 1.03 bits per heavy atom. The maximum Gasteiger partial charge on any atom is 0.407 e. The number of aromatic nitrogens is 2. The van der Waals surface area contributed by atoms with Crippen molar-refractivity contribution in [1.82, 2.24) is 14.9 Å². The van der Waals surface area contributed by atoms with Crippen molar-refractivity contribution in [2.75, 3.05) is 23.7 Å². The number of carbonyl (C=O) groups is 1. The van der Waals surface area contributed by atoms with E-state index in [1.165, 1.54) is 11.2 Å². The zero-order valence-corrected chi connectivity index (χ0v) is 16.4. The molecule has 1 fully saturated rings. The van der Waals surface area contributed by atoms with Gasteiger partial charge in [-0.2, -0.15) is 0 Å². The first kappa shape index (κ1) is 19.5. The van der Waals surface area contributed by atoms with Crippen LogP contribution in [0.3, 0.4) is 0 Å². The van der Waals surface area contributed by atoms with Gasteiger partial charge in [-0.25, -0.2) is 14.8 Å². The Bertz CT molecular complexity index is 982. The first-order valence-corrected chi connectivity index (χ1v) is 9.82. The molecule has 3 N–H and O–H groups in total. The summed E-state index contributed by atoms with van der Waals surface area (Å²) >= 11 is 0. The summed E-state index contributed by atoms with van der Waals surface area (Å²) in [7, 11) is 0. The second kappa shape index (κ2) is 9.13. The Balaban J connectivity index is 1.36. The summed E-state index contributed by atoms with van der Waals surface area (Å²) in [6, 6.07) is 19.1. The van der Waals surface area contributed by atoms with E-state index in [1.807, 2.05) is 60.7 Å². The Morgan fingerprint density at radius 3 is 2.53 bits per heavy atom. The van der Waals surface area contributed by atoms with E-state index in [9.17, 15) is 9.90 Å². The fourth-order valence-electron chi connectivity index (χ4n) is 3.36. The van der Waals surface area contributed by atoms with E-state index in [-0.39, 0.29) is 6.04 Å². The van der Waals surface area contributed by atoms with Gasteiger partial charge in [0.25, 0.3) is 0 Å². The van der Waals surface area contributed by atoms with Gasteiger partial charge in [-0.1, -0.05) is 18.2 Å². The van der Waals surface area contributed by atoms with Crippen molar-refractivity contribution in [3.63, 3.8) is 0 Å². The molecule has 0 radical (unpaired) electrons. The van der Waals surface area contributed by atoms with Crippen molar-refractivity contribution >= 4 is 23.4 Å². The van der Waals surface area contributed by atoms with Gasteiger partial charge in [0.1, 0.15) is 29.5 Å². The van der Waals surface area contributed by atoms with Gasteiger partial charge in [0.05, 0.1) is 0 Å². The monoisotopic (exact) mass is 405 g/mol. The van der Waals surface area contributed by atoms with Crippen molar-refractivity contribution in [2.45, 2.75) is 18.9 Å². The zero-order chi connectivity index (χ0) is 20.8. The van der Waals surface area contributed by atoms with Gasteiger partial charge in [0.2, 0.25) is 0 Å². The molecular weight excluding hydrogens is 382 g/mol. The first-order valence-electron chi connectivity index (χ1n) is 9.82. The smallest absolute Gasteiger partial charge is 0.407 e. The van der Waals surface area contributed by atoms with E-state index in [2.05, 4.69) is 20.6 Å². The lowest BCUT2D eigenvalue weighted by Crippen LogP contribution is -2.44. The number of likely N-dealkylation sites (tertiary alicyclic amines) is 1. The van der Waals surface area contributed by atoms with E-state index in [4.69, 9.17) is 4.74 Å². The third kappa shape index (κ3) is 5.16. The molecule has 1 aromatic heterocycles. The van der Waals surface area contributed by atoms with E-state index in [0.29, 0.717) is 24.7 Å². The normalized spacial score (nSPS) is 16.0. The second-order valence-corrected chi connectivity index (χ2v) is 7.07. The topological polar surface area (TPSA) is 99.6 Å². The molecule has 3 aromatic rings. The molecule has 1 unspecified atom stereocenters. The molecule has 2 aromatic carbocycles. The molecule has 154 valence electrons. The molecule has 0 bridgehead atoms. The highest BCUT2D eigenvalue weighted by Crippen LogP contribution is 2.24. The molecule has 2 heterocycles. The summed E-state index contributed by atoms with van der Waals surface area (Å²) < 4.78 is 5.80. The highest BCUT2D eigenvalue weighted by Gasteiger charge is 2.23. The minimum Gasteiger partial charge on any atom is -0.465 e. The number of nitrogens with one attached hydrogen (secondary N) is 2. The molecule has 0 saturated carbocycles. The molecule has 8 nitrogen and oxygen atoms in total. The lowest BCUT2D eigenvalue weighted by molar-refractivity contribution is 0.133. The summed E-state index contributed by atoms with van der Waals surface area (Å²) in [5.74, 6) is 2.84. The average Bonchev–Trinajstić information content (AvgIpc) is 2.76. The summed E-state index contributed by atoms with van der Waals surface area (Å²) in [4.78, 5) is 21.1. The number of benzene rings is 2. The number of para-hydroxylation sites is 1. The minimum absolute atomic E-state index is 0.0343. The first-order chi connectivity index (χ1) is 14.7. The van der Waals surface area contributed by atoms with Crippen LogP contribution in [0.2, 0.25) is 0 Å². The fourth-order valence-corrected chi connectivity index (χ4v) is 3.36. The van der Waals surface area contributed by atoms with Crippen LogP contribution >= 0.6 is 0 Å². The second-order valence-electron chi connectivity index (χ2n) is 7.07. The van der Waals surface area contributed by atoms with E-state index >= 15 is 0 Å². The molecule has 1 amide bonds. The maximum atomic E-state index is 11.2. The Morgan fingerprint density at radius 2 is 1.77 bits per heavy atom. The SMILES string of the molecule is O=C(O)N1CCCC(Nc2cc(Nc3ccc(Oc4ccccc4)cc3)ncn2)C1. The Kier molecular flexibility index (Phi) is 5.93. The summed E-state index contributed by atoms with van der Waals surface area (Å²) in [5, 5.41) is 15.7. The molecule has 30 heavy (non-hydrogen) atoms. The van der Waals surface area contributed by atoms with Crippen molar-refractivity contribution in [3.05, 3.63) is 67.0 Å². The highest BCUT2D eigenvalue weighted by atomic mass is 16.5. The van der Waals surface area contributed by atoms with E-state index < -0.39 is 6.09 Å². The van der Waals surface area contributed by atoms with Crippen LogP contribution in [0.15, 0.2) is 67.0 Å². The van der Waals surface area contributed by atoms with Gasteiger partial charge in [0.15, 0.2) is 0 Å². The molecule has 1 aliphatic rings. The number of hydrogen-bond acceptors (Lipinski definition) is 6. The van der Waals surface area contributed by atoms with Crippen LogP contribution in [0, 0.1) is 0 Å². The Hall–Kier alpha value is -3.81. The third-order valence-electron chi connectivity index (χ3n) is 4.82. The number of amides is 1. The Labute approximate surface area is 174 Å². The number of carboxylic acid groups (broad SMARTS) is 1. The van der Waals surface area contributed by atoms with E-state index in [0.717, 1.165) is 30.0 Å². The molecule has 0 spiro atoms. The fraction of sp³-hybridized carbons (Fsp3) is 0.227. The maximum absolute atomic E-state index is 11.2. The minimum atomic E-state index is -0.883. The molecular formula is C22H23N5O3. The van der Waals surface area contributed by atoms with Crippen LogP contribution in [0.4, 0.5) is 22.1 Å². The number of anilines is 3. The van der Waals surface area contributed by atoms with Gasteiger partial charge >= 0.3 is 6.09 Å². The highest BCUT2D eigenvalue weighted by molar-refractivity contribution is 5.65. The van der Waals surface area contributed by atoms with Crippen LogP contribution in [0.5, 0.6) is 11.5 Å². The van der Waals surface area contributed by atoms with E-state index in [1.54, 1.807) is 0 Å². The van der Waals surface area contributed by atoms with Crippen molar-refractivity contribution in [3.8, 4) is 11.5 Å². The molecule has 1 aliphatic heterocycles. The number of rotatable bonds is 6. The lowest BCUT2D eigenvalue weighted by atomic mass is 10.1. The van der Waals surface area contributed by atoms with Crippen molar-refractivity contribution in [2.24, 2.45) is 0 Å². The number of ether oxygens (including phenoxy) is 1. The molecule has 8 heteroatoms. The predicted octanol–water partition coefficient (Wildman–Crippen LogP) is 4.57. The molecule has 4 rings (SSSR count). The van der Waals surface area contributed by atoms with Crippen LogP contribution < -0.4 is 15.4 Å². The largest absolute Gasteiger partial charge is 0.465 e. The lowest BCUT2D eigenvalue weighted by Gasteiger charge is -2.31. The van der Waals surface area contributed by atoms with Gasteiger partial charge in [-0.3, -0.25) is 0 Å². The summed E-state index contributed by atoms with van der Waals surface area (Å²) in [5.41, 5.74) is 0.870. The van der Waals surface area contributed by atoms with Gasteiger partial charge in [-0.05, 0) is 49.2 Å². The molecule has 0 aliphatic carbocycles. The van der Waals surface area contributed by atoms with Crippen LogP contribution in [0.25, 0.3) is 0 Å². The molecule has 1 atom stereocenters. The third-order valence-corrected chi connectivity index (χ3v) is 4.82. The average molecular weight is 405 g/mol. The van der Waals surface area contributed by atoms with Crippen LogP contribution in [0.1, 0.15) is 12.8 Å². The van der Waals surface area contributed by atoms with Crippen LogP contribution in [-0.4, -0.2) is 45.2 Å². The van der Waals surface area contributed by atoms with Crippen molar-refractivity contribution < 1.29 is 14.6 Å². The van der Waals surface area contributed by atoms with Crippen molar-refractivity contribution in [1.29, 1.82) is 0 Å². The summed E-state index contributed by atoms with van der Waals surface area (Å²) in [6.45, 7) is 1.03. The van der Waals surface area contributed by atoms with Crippen LogP contribution in [-0.2, 0) is 0 Å². The van der Waals surface area contributed by atoms with Gasteiger partial charge < -0.3 is 25.4 Å². The summed E-state index contributed by atoms with van der Waals surface area (Å²) in [6.07, 6.45) is 2.33. The zero-order valence-electron chi connectivity index (χ0n) is 16.4. The van der Waals surface area contributed by atoms with Gasteiger partial charge in [0, 0.05) is 30.9 Å². The standard InChI is InChI=1S/C22H23N5O3/c28-22(29)27-12-4-5-17(14-27)26-21-13-20(23-15-24-21)25-16-8-10-19(11-9-16)30-18-6-2-1-3-7-18/h1-3,6-11,13,15,17H,4-5,12,14H2,(H,28,29)(H2,23,24,25,26). The number of piperidine rings is 1. The van der Waals surface area contributed by atoms with Gasteiger partial charge in [-0.15, -0.1) is 0 Å². The number of hydrogen-bond donors (Lipinski definition) is 3.